The number of halogens is 1. The fourth-order valence-corrected chi connectivity index (χ4v) is 3.73. The monoisotopic (exact) mass is 485 g/mol. The van der Waals surface area contributed by atoms with Gasteiger partial charge in [-0.2, -0.15) is 30.3 Å². The molecule has 170 valence electrons. The first-order valence-electron chi connectivity index (χ1n) is 10.9. The van der Waals surface area contributed by atoms with Crippen molar-refractivity contribution in [2.75, 3.05) is 13.2 Å². The van der Waals surface area contributed by atoms with Crippen molar-refractivity contribution in [3.8, 4) is 22.6 Å². The van der Waals surface area contributed by atoms with Crippen molar-refractivity contribution < 1.29 is 75.1 Å². The summed E-state index contributed by atoms with van der Waals surface area (Å²) in [5, 5.41) is 11.2. The van der Waals surface area contributed by atoms with Gasteiger partial charge in [-0.3, -0.25) is 4.79 Å². The Morgan fingerprint density at radius 2 is 2.06 bits per heavy atom. The van der Waals surface area contributed by atoms with Crippen molar-refractivity contribution in [3.63, 3.8) is 0 Å². The number of aliphatic carboxylic acids is 1. The van der Waals surface area contributed by atoms with Crippen LogP contribution in [0, 0.1) is 11.9 Å². The van der Waals surface area contributed by atoms with Crippen LogP contribution in [0.25, 0.3) is 17.2 Å². The van der Waals surface area contributed by atoms with Crippen molar-refractivity contribution in [1.29, 1.82) is 0 Å². The van der Waals surface area contributed by atoms with Gasteiger partial charge in [-0.1, -0.05) is 18.2 Å². The van der Waals surface area contributed by atoms with E-state index < -0.39 is 5.97 Å². The molecule has 1 unspecified atom stereocenters. The van der Waals surface area contributed by atoms with Crippen molar-refractivity contribution in [3.05, 3.63) is 89.8 Å². The van der Waals surface area contributed by atoms with Gasteiger partial charge in [-0.05, 0) is 55.3 Å². The summed E-state index contributed by atoms with van der Waals surface area (Å²) in [5.74, 6) is 0.489. The summed E-state index contributed by atoms with van der Waals surface area (Å²) in [6.07, 6.45) is 5.55. The second kappa shape index (κ2) is 13.2. The van der Waals surface area contributed by atoms with Crippen molar-refractivity contribution in [2.24, 2.45) is 0 Å². The molecule has 1 saturated heterocycles. The zero-order valence-corrected chi connectivity index (χ0v) is 22.2. The van der Waals surface area contributed by atoms with Gasteiger partial charge in [0.2, 0.25) is 0 Å². The van der Waals surface area contributed by atoms with Crippen LogP contribution in [-0.2, 0) is 11.4 Å². The molecule has 0 amide bonds. The molecule has 0 radical (unpaired) electrons. The Kier molecular flexibility index (Phi) is 10.3. The molecule has 34 heavy (non-hydrogen) atoms. The number of benzene rings is 3. The molecule has 0 bridgehead atoms. The van der Waals surface area contributed by atoms with Gasteiger partial charge in [0.05, 0.1) is 6.61 Å². The molecule has 0 saturated carbocycles. The molecule has 2 aliphatic rings. The number of rotatable bonds is 5. The van der Waals surface area contributed by atoms with Crippen molar-refractivity contribution in [1.82, 2.24) is 5.32 Å². The third-order valence-electron chi connectivity index (χ3n) is 5.40. The molecule has 3 aromatic carbocycles. The second-order valence-electron chi connectivity index (χ2n) is 7.80. The summed E-state index contributed by atoms with van der Waals surface area (Å²) in [5.41, 5.74) is 3.47. The summed E-state index contributed by atoms with van der Waals surface area (Å²) in [6, 6.07) is 21.1. The molecular formula is C27H25FKNO4. The molecule has 7 heteroatoms. The fourth-order valence-electron chi connectivity index (χ4n) is 3.73. The van der Waals surface area contributed by atoms with Crippen molar-refractivity contribution in [2.45, 2.75) is 25.5 Å². The third-order valence-corrected chi connectivity index (χ3v) is 5.40. The first kappa shape index (κ1) is 26.6. The molecule has 5 nitrogen and oxygen atoms in total. The maximum atomic E-state index is 13.9. The minimum absolute atomic E-state index is 0. The molecule has 0 spiro atoms. The van der Waals surface area contributed by atoms with Crippen LogP contribution < -0.4 is 66.2 Å². The quantitative estimate of drug-likeness (QED) is 0.428. The van der Waals surface area contributed by atoms with Crippen LogP contribution in [0.3, 0.4) is 0 Å². The van der Waals surface area contributed by atoms with Gasteiger partial charge in [0.1, 0.15) is 30.0 Å². The third kappa shape index (κ3) is 7.25. The van der Waals surface area contributed by atoms with Gasteiger partial charge in [0.15, 0.2) is 0 Å². The van der Waals surface area contributed by atoms with E-state index in [1.165, 1.54) is 12.1 Å². The van der Waals surface area contributed by atoms with Gasteiger partial charge in [0, 0.05) is 11.1 Å². The van der Waals surface area contributed by atoms with Gasteiger partial charge in [0.25, 0.3) is 0 Å². The predicted octanol–water partition coefficient (Wildman–Crippen LogP) is 2.10. The Hall–Kier alpha value is -2.00. The predicted molar refractivity (Wildman–Crippen MR) is 125 cm³/mol. The number of ether oxygens (including phenoxy) is 2. The van der Waals surface area contributed by atoms with E-state index in [2.05, 4.69) is 11.4 Å². The number of hydrogen-bond donors (Lipinski definition) is 2. The van der Waals surface area contributed by atoms with E-state index >= 15 is 0 Å². The molecule has 0 aromatic heterocycles. The first-order chi connectivity index (χ1) is 16.1. The zero-order chi connectivity index (χ0) is 23.0. The van der Waals surface area contributed by atoms with Crippen LogP contribution >= 0.6 is 0 Å². The average Bonchev–Trinajstić information content (AvgIpc) is 3.39. The van der Waals surface area contributed by atoms with E-state index in [1.54, 1.807) is 0 Å². The van der Waals surface area contributed by atoms with Crippen LogP contribution in [0.2, 0.25) is 0 Å². The molecule has 1 atom stereocenters. The molecule has 3 aromatic rings. The Morgan fingerprint density at radius 1 is 1.24 bits per heavy atom. The van der Waals surface area contributed by atoms with Gasteiger partial charge in [-0.25, -0.2) is 4.39 Å². The van der Waals surface area contributed by atoms with Gasteiger partial charge < -0.3 is 19.9 Å². The van der Waals surface area contributed by atoms with Gasteiger partial charge >= 0.3 is 57.4 Å². The van der Waals surface area contributed by atoms with E-state index in [4.69, 9.17) is 14.6 Å². The number of fused-ring (bicyclic) bond motifs is 1. The van der Waals surface area contributed by atoms with E-state index in [9.17, 15) is 9.18 Å². The number of carboxylic acids is 1. The Morgan fingerprint density at radius 3 is 2.71 bits per heavy atom. The van der Waals surface area contributed by atoms with Gasteiger partial charge in [-0.15, -0.1) is 5.56 Å². The van der Waals surface area contributed by atoms with Crippen LogP contribution in [0.15, 0.2) is 66.7 Å². The summed E-state index contributed by atoms with van der Waals surface area (Å²) in [7, 11) is 0. The first-order valence-corrected chi connectivity index (χ1v) is 10.9. The SMILES string of the molecule is Fc1cc2c(c(-c3ccc(OCc4c[c-]ccc4)cc3)c1)OCC=C2.O=C(O)C1CCCN1.[K+]. The van der Waals surface area contributed by atoms with E-state index in [0.29, 0.717) is 13.2 Å². The normalized spacial score (nSPS) is 15.7. The minimum atomic E-state index is -0.720. The number of carbonyl (C=O) groups is 1. The molecule has 0 aliphatic carbocycles. The fraction of sp³-hybridized carbons (Fsp3) is 0.222. The van der Waals surface area contributed by atoms with Crippen LogP contribution in [0.4, 0.5) is 4.39 Å². The second-order valence-corrected chi connectivity index (χ2v) is 7.80. The minimum Gasteiger partial charge on any atom is -0.501 e. The topological polar surface area (TPSA) is 67.8 Å². The largest absolute Gasteiger partial charge is 1.00 e. The van der Waals surface area contributed by atoms with E-state index in [0.717, 1.165) is 53.1 Å². The smallest absolute Gasteiger partial charge is 0.501 e. The average molecular weight is 486 g/mol. The molecular weight excluding hydrogens is 460 g/mol. The molecule has 5 rings (SSSR count). The Balaban J connectivity index is 0.000000308. The Labute approximate surface area is 241 Å². The number of nitrogens with one attached hydrogen (secondary N) is 1. The van der Waals surface area contributed by atoms with Crippen LogP contribution in [0.5, 0.6) is 11.5 Å². The Bertz CT molecular complexity index is 1110. The van der Waals surface area contributed by atoms with Crippen LogP contribution in [0.1, 0.15) is 24.0 Å². The standard InChI is InChI=1S/C22H16FO2.C5H9NO2.K/c23-19-13-18-7-4-12-24-22(18)21(14-19)17-8-10-20(11-9-17)25-15-16-5-2-1-3-6-16;7-5(8)4-2-1-3-6-4;/h1-2,4-11,13-14H,12,15H2;4,6H,1-3H2,(H,7,8);/q-1;;+1. The molecule has 1 fully saturated rings. The summed E-state index contributed by atoms with van der Waals surface area (Å²) < 4.78 is 25.4. The number of hydrogen-bond acceptors (Lipinski definition) is 4. The molecule has 2 N–H and O–H groups in total. The van der Waals surface area contributed by atoms with E-state index in [1.807, 2.05) is 60.7 Å². The summed E-state index contributed by atoms with van der Waals surface area (Å²) in [4.78, 5) is 10.1. The summed E-state index contributed by atoms with van der Waals surface area (Å²) >= 11 is 0. The maximum Gasteiger partial charge on any atom is 1.00 e. The van der Waals surface area contributed by atoms with Crippen molar-refractivity contribution >= 4 is 12.0 Å². The summed E-state index contributed by atoms with van der Waals surface area (Å²) in [6.45, 7) is 1.85. The van der Waals surface area contributed by atoms with E-state index in [-0.39, 0.29) is 63.2 Å². The van der Waals surface area contributed by atoms with Crippen LogP contribution in [-0.4, -0.2) is 30.3 Å². The zero-order valence-electron chi connectivity index (χ0n) is 19.1. The number of carboxylic acid groups (broad SMARTS) is 1. The maximum absolute atomic E-state index is 13.9. The molecule has 2 heterocycles. The molecule has 2 aliphatic heterocycles.